The van der Waals surface area contributed by atoms with E-state index < -0.39 is 46.6 Å². The van der Waals surface area contributed by atoms with E-state index in [2.05, 4.69) is 15.1 Å². The molecule has 1 aliphatic carbocycles. The predicted molar refractivity (Wildman–Crippen MR) is 134 cm³/mol. The van der Waals surface area contributed by atoms with Crippen LogP contribution in [-0.4, -0.2) is 63.0 Å². The van der Waals surface area contributed by atoms with Crippen molar-refractivity contribution in [3.05, 3.63) is 52.6 Å². The number of methoxy groups -OCH3 is 2. The molecule has 1 heterocycles. The molecule has 0 bridgehead atoms. The van der Waals surface area contributed by atoms with E-state index in [0.29, 0.717) is 42.9 Å². The molecule has 3 atom stereocenters. The number of ether oxygens (including phenoxy) is 2. The number of hydroxylamine groups is 1. The lowest BCUT2D eigenvalue weighted by Crippen LogP contribution is -2.54. The second kappa shape index (κ2) is 11.3. The number of nitrogens with one attached hydrogen (secondary N) is 1. The molecule has 40 heavy (non-hydrogen) atoms. The Balaban J connectivity index is 1.60. The van der Waals surface area contributed by atoms with Crippen LogP contribution in [0.15, 0.2) is 30.3 Å². The van der Waals surface area contributed by atoms with Gasteiger partial charge in [-0.25, -0.2) is 18.4 Å². The molecular formula is C26H27ClF5N3O5. The zero-order chi connectivity index (χ0) is 29.4. The van der Waals surface area contributed by atoms with Gasteiger partial charge in [-0.2, -0.15) is 13.2 Å². The van der Waals surface area contributed by atoms with Gasteiger partial charge in [-0.3, -0.25) is 0 Å². The Labute approximate surface area is 231 Å². The lowest BCUT2D eigenvalue weighted by molar-refractivity contribution is -0.199. The minimum atomic E-state index is -5.52. The van der Waals surface area contributed by atoms with Gasteiger partial charge in [0.05, 0.1) is 14.2 Å². The molecule has 0 spiro atoms. The summed E-state index contributed by atoms with van der Waals surface area (Å²) in [7, 11) is 5.00. The highest BCUT2D eigenvalue weighted by Crippen LogP contribution is 2.50. The van der Waals surface area contributed by atoms with Crippen molar-refractivity contribution in [2.75, 3.05) is 32.9 Å². The van der Waals surface area contributed by atoms with E-state index in [1.165, 1.54) is 14.2 Å². The first-order valence-electron chi connectivity index (χ1n) is 12.3. The number of likely N-dealkylation sites (tertiary alicyclic amines) is 1. The van der Waals surface area contributed by atoms with Crippen LogP contribution < -0.4 is 19.9 Å². The number of nitrogens with zero attached hydrogens (tertiary/aromatic N) is 2. The molecule has 1 N–H and O–H groups in total. The van der Waals surface area contributed by atoms with Gasteiger partial charge in [0.2, 0.25) is 0 Å². The van der Waals surface area contributed by atoms with Crippen molar-refractivity contribution in [1.82, 2.24) is 10.2 Å². The fraction of sp³-hybridized carbons (Fsp3) is 0.462. The molecule has 2 aromatic carbocycles. The third-order valence-corrected chi connectivity index (χ3v) is 7.99. The second-order valence-electron chi connectivity index (χ2n) is 9.76. The van der Waals surface area contributed by atoms with Crippen LogP contribution in [0.2, 0.25) is 5.02 Å². The van der Waals surface area contributed by atoms with Crippen LogP contribution in [0.4, 0.5) is 32.4 Å². The van der Waals surface area contributed by atoms with Crippen LogP contribution in [0, 0.1) is 11.6 Å². The zero-order valence-electron chi connectivity index (χ0n) is 21.8. The van der Waals surface area contributed by atoms with Gasteiger partial charge in [0.1, 0.15) is 16.5 Å². The molecule has 1 aliphatic heterocycles. The van der Waals surface area contributed by atoms with E-state index in [-0.39, 0.29) is 16.5 Å². The van der Waals surface area contributed by atoms with Crippen molar-refractivity contribution in [2.45, 2.75) is 49.4 Å². The van der Waals surface area contributed by atoms with E-state index >= 15 is 0 Å². The van der Waals surface area contributed by atoms with Crippen LogP contribution in [-0.2, 0) is 15.0 Å². The molecule has 0 radical (unpaired) electrons. The number of likely N-dealkylation sites (N-methyl/N-ethyl adjacent to an activating group) is 1. The van der Waals surface area contributed by atoms with Gasteiger partial charge in [0.15, 0.2) is 17.3 Å². The summed E-state index contributed by atoms with van der Waals surface area (Å²) in [5.41, 5.74) is -0.459. The molecule has 0 unspecified atom stereocenters. The maximum atomic E-state index is 14.6. The molecule has 8 nitrogen and oxygen atoms in total. The summed E-state index contributed by atoms with van der Waals surface area (Å²) in [4.78, 5) is 31.1. The highest BCUT2D eigenvalue weighted by atomic mass is 35.5. The van der Waals surface area contributed by atoms with Crippen molar-refractivity contribution in [3.8, 4) is 11.5 Å². The van der Waals surface area contributed by atoms with Gasteiger partial charge in [-0.05, 0) is 69.1 Å². The van der Waals surface area contributed by atoms with Gasteiger partial charge < -0.3 is 24.5 Å². The maximum absolute atomic E-state index is 14.6. The van der Waals surface area contributed by atoms with Crippen molar-refractivity contribution in [1.29, 1.82) is 0 Å². The third kappa shape index (κ3) is 5.49. The standard InChI is InChI=1S/C26H27ClF5N3O5/c1-34-11-10-25(14-4-7-18(38-2)19(12-14)39-3)9-8-15(13-20(25)34)33-24(37)35(40-23(36)26(30,31)32)22-17(29)6-5-16(28)21(22)27/h4-7,12,15,20H,8-11,13H2,1-3H3,(H,33,37)/t15-,20+,25+/m1/s1. The summed E-state index contributed by atoms with van der Waals surface area (Å²) in [6.07, 6.45) is -3.36. The Morgan fingerprint density at radius 3 is 2.40 bits per heavy atom. The van der Waals surface area contributed by atoms with Crippen molar-refractivity contribution >= 4 is 29.3 Å². The minimum absolute atomic E-state index is 0.0923. The molecule has 2 fully saturated rings. The van der Waals surface area contributed by atoms with Crippen LogP contribution >= 0.6 is 11.6 Å². The molecule has 2 amide bonds. The predicted octanol–water partition coefficient (Wildman–Crippen LogP) is 5.37. The molecule has 4 rings (SSSR count). The third-order valence-electron chi connectivity index (χ3n) is 7.63. The molecular weight excluding hydrogens is 565 g/mol. The highest BCUT2D eigenvalue weighted by molar-refractivity contribution is 6.34. The molecule has 2 aliphatic rings. The van der Waals surface area contributed by atoms with E-state index in [4.69, 9.17) is 21.1 Å². The first-order chi connectivity index (χ1) is 18.8. The van der Waals surface area contributed by atoms with Crippen LogP contribution in [0.25, 0.3) is 0 Å². The summed E-state index contributed by atoms with van der Waals surface area (Å²) >= 11 is 5.77. The lowest BCUT2D eigenvalue weighted by Gasteiger charge is -2.45. The number of benzene rings is 2. The normalized spacial score (nSPS) is 22.8. The molecule has 14 heteroatoms. The smallest absolute Gasteiger partial charge is 0.493 e. The van der Waals surface area contributed by atoms with Gasteiger partial charge in [0.25, 0.3) is 0 Å². The van der Waals surface area contributed by atoms with Crippen LogP contribution in [0.5, 0.6) is 11.5 Å². The number of hydrogen-bond acceptors (Lipinski definition) is 6. The van der Waals surface area contributed by atoms with Crippen molar-refractivity contribution < 1.29 is 45.9 Å². The molecule has 218 valence electrons. The first-order valence-corrected chi connectivity index (χ1v) is 12.7. The minimum Gasteiger partial charge on any atom is -0.493 e. The Morgan fingerprint density at radius 1 is 1.07 bits per heavy atom. The molecule has 2 aromatic rings. The van der Waals surface area contributed by atoms with Gasteiger partial charge in [-0.1, -0.05) is 17.7 Å². The average Bonchev–Trinajstić information content (AvgIpc) is 3.26. The van der Waals surface area contributed by atoms with E-state index in [1.54, 1.807) is 0 Å². The summed E-state index contributed by atoms with van der Waals surface area (Å²) < 4.78 is 78.4. The Hall–Kier alpha value is -3.32. The number of amides is 2. The zero-order valence-corrected chi connectivity index (χ0v) is 22.5. The molecule has 1 saturated heterocycles. The number of urea groups is 1. The number of alkyl halides is 3. The number of rotatable bonds is 5. The SMILES string of the molecule is COc1ccc([C@@]23CC[C@@H](NC(=O)N(OC(=O)C(F)(F)F)c4c(F)ccc(F)c4Cl)C[C@@H]2N(C)CC3)cc1OC. The summed E-state index contributed by atoms with van der Waals surface area (Å²) in [5, 5.41) is 1.20. The largest absolute Gasteiger partial charge is 0.493 e. The lowest BCUT2D eigenvalue weighted by atomic mass is 9.65. The molecule has 0 aromatic heterocycles. The number of halogens is 6. The Kier molecular flexibility index (Phi) is 8.36. The average molecular weight is 592 g/mol. The summed E-state index contributed by atoms with van der Waals surface area (Å²) in [6, 6.07) is 4.75. The number of anilines is 1. The number of fused-ring (bicyclic) bond motifs is 1. The number of carbonyl (C=O) groups excluding carboxylic acids is 2. The topological polar surface area (TPSA) is 80.3 Å². The summed E-state index contributed by atoms with van der Waals surface area (Å²) in [5.74, 6) is -4.28. The van der Waals surface area contributed by atoms with Crippen molar-refractivity contribution in [2.24, 2.45) is 0 Å². The first kappa shape index (κ1) is 29.7. The fourth-order valence-corrected chi connectivity index (χ4v) is 5.88. The number of carbonyl (C=O) groups is 2. The van der Waals surface area contributed by atoms with Gasteiger partial charge >= 0.3 is 18.2 Å². The van der Waals surface area contributed by atoms with Crippen LogP contribution in [0.1, 0.15) is 31.2 Å². The van der Waals surface area contributed by atoms with E-state index in [1.807, 2.05) is 25.2 Å². The molecule has 1 saturated carbocycles. The monoisotopic (exact) mass is 591 g/mol. The van der Waals surface area contributed by atoms with Crippen LogP contribution in [0.3, 0.4) is 0 Å². The Morgan fingerprint density at radius 2 is 1.75 bits per heavy atom. The van der Waals surface area contributed by atoms with E-state index in [9.17, 15) is 31.5 Å². The van der Waals surface area contributed by atoms with Gasteiger partial charge in [-0.15, -0.1) is 5.06 Å². The summed E-state index contributed by atoms with van der Waals surface area (Å²) in [6.45, 7) is 0.749. The number of hydrogen-bond donors (Lipinski definition) is 1. The second-order valence-corrected chi connectivity index (χ2v) is 10.1. The Bertz CT molecular complexity index is 1300. The maximum Gasteiger partial charge on any atom is 0.493 e. The quantitative estimate of drug-likeness (QED) is 0.286. The van der Waals surface area contributed by atoms with Gasteiger partial charge in [0, 0.05) is 17.5 Å². The van der Waals surface area contributed by atoms with E-state index in [0.717, 1.165) is 18.5 Å². The fourth-order valence-electron chi connectivity index (χ4n) is 5.65. The van der Waals surface area contributed by atoms with Crippen molar-refractivity contribution in [3.63, 3.8) is 0 Å². The highest BCUT2D eigenvalue weighted by Gasteiger charge is 2.51.